The molecule has 0 radical (unpaired) electrons. The Balaban J connectivity index is 2.18. The van der Waals surface area contributed by atoms with E-state index in [2.05, 4.69) is 5.32 Å². The number of halogens is 6. The van der Waals surface area contributed by atoms with E-state index in [9.17, 15) is 36.2 Å². The van der Waals surface area contributed by atoms with Crippen LogP contribution in [0.15, 0.2) is 47.8 Å². The Morgan fingerprint density at radius 2 is 1.61 bits per heavy atom. The molecular weight excluding hydrogens is 468 g/mol. The van der Waals surface area contributed by atoms with Gasteiger partial charge in [0.05, 0.1) is 23.3 Å². The normalized spacial score (nSPS) is 15.3. The van der Waals surface area contributed by atoms with E-state index in [1.165, 1.54) is 25.2 Å². The molecule has 0 spiro atoms. The van der Waals surface area contributed by atoms with E-state index in [1.807, 2.05) is 0 Å². The molecular formula is C23H21F6NO2S. The molecule has 178 valence electrons. The minimum absolute atomic E-state index is 0.0860. The number of alkyl halides is 6. The summed E-state index contributed by atoms with van der Waals surface area (Å²) in [5.74, 6) is -1.40. The molecule has 0 fully saturated rings. The van der Waals surface area contributed by atoms with Crippen LogP contribution >= 0.6 is 11.3 Å². The second-order valence-electron chi connectivity index (χ2n) is 7.87. The van der Waals surface area contributed by atoms with Crippen LogP contribution in [0.1, 0.15) is 48.4 Å². The summed E-state index contributed by atoms with van der Waals surface area (Å²) < 4.78 is 81.6. The Morgan fingerprint density at radius 1 is 1.03 bits per heavy atom. The number of carbonyl (C=O) groups excluding carboxylic acids is 1. The van der Waals surface area contributed by atoms with E-state index in [1.54, 1.807) is 29.6 Å². The molecule has 2 N–H and O–H groups in total. The van der Waals surface area contributed by atoms with Crippen LogP contribution in [-0.4, -0.2) is 23.2 Å². The minimum atomic E-state index is -4.99. The molecule has 0 aliphatic carbocycles. The van der Waals surface area contributed by atoms with Crippen molar-refractivity contribution in [3.05, 3.63) is 70.1 Å². The summed E-state index contributed by atoms with van der Waals surface area (Å²) in [6.07, 6.45) is -11.4. The van der Waals surface area contributed by atoms with Crippen molar-refractivity contribution in [3.63, 3.8) is 0 Å². The summed E-state index contributed by atoms with van der Waals surface area (Å²) in [5, 5.41) is 15.5. The number of nitrogens with one attached hydrogen (secondary N) is 1. The van der Waals surface area contributed by atoms with Crippen molar-refractivity contribution in [3.8, 4) is 0 Å². The van der Waals surface area contributed by atoms with E-state index >= 15 is 0 Å². The molecule has 0 saturated heterocycles. The number of aliphatic hydroxyl groups excluding tert-OH is 1. The van der Waals surface area contributed by atoms with Gasteiger partial charge >= 0.3 is 12.4 Å². The SMILES string of the molecule is CC(=O)NC(C)C(O)CC(c1cc(C(F)(F)F)cc(C(F)(F)F)c1)c1csc2ccccc12. The molecule has 0 aliphatic heterocycles. The fourth-order valence-corrected chi connectivity index (χ4v) is 4.77. The predicted octanol–water partition coefficient (Wildman–Crippen LogP) is 6.35. The molecule has 33 heavy (non-hydrogen) atoms. The minimum Gasteiger partial charge on any atom is -0.391 e. The highest BCUT2D eigenvalue weighted by molar-refractivity contribution is 7.17. The number of hydrogen-bond donors (Lipinski definition) is 2. The van der Waals surface area contributed by atoms with Crippen LogP contribution in [0.4, 0.5) is 26.3 Å². The third-order valence-corrected chi connectivity index (χ3v) is 6.37. The zero-order valence-electron chi connectivity index (χ0n) is 17.6. The van der Waals surface area contributed by atoms with Crippen LogP contribution in [0.2, 0.25) is 0 Å². The van der Waals surface area contributed by atoms with E-state index in [0.717, 1.165) is 4.70 Å². The highest BCUT2D eigenvalue weighted by Gasteiger charge is 2.38. The number of thiophene rings is 1. The van der Waals surface area contributed by atoms with Crippen LogP contribution in [0, 0.1) is 0 Å². The Morgan fingerprint density at radius 3 is 2.15 bits per heavy atom. The Labute approximate surface area is 190 Å². The van der Waals surface area contributed by atoms with Crippen molar-refractivity contribution in [2.24, 2.45) is 0 Å². The van der Waals surface area contributed by atoms with Gasteiger partial charge < -0.3 is 10.4 Å². The third-order valence-electron chi connectivity index (χ3n) is 5.38. The van der Waals surface area contributed by atoms with Crippen LogP contribution < -0.4 is 5.32 Å². The molecule has 3 atom stereocenters. The Bertz CT molecular complexity index is 1110. The zero-order chi connectivity index (χ0) is 24.6. The van der Waals surface area contributed by atoms with Crippen LogP contribution in [-0.2, 0) is 17.1 Å². The lowest BCUT2D eigenvalue weighted by Gasteiger charge is -2.26. The van der Waals surface area contributed by atoms with Crippen LogP contribution in [0.5, 0.6) is 0 Å². The maximum atomic E-state index is 13.5. The molecule has 0 aliphatic rings. The molecule has 2 aromatic carbocycles. The maximum Gasteiger partial charge on any atom is 0.416 e. The van der Waals surface area contributed by atoms with Gasteiger partial charge in [0, 0.05) is 17.5 Å². The van der Waals surface area contributed by atoms with E-state index < -0.39 is 47.5 Å². The lowest BCUT2D eigenvalue weighted by atomic mass is 9.83. The highest BCUT2D eigenvalue weighted by atomic mass is 32.1. The van der Waals surface area contributed by atoms with Crippen LogP contribution in [0.3, 0.4) is 0 Å². The van der Waals surface area contributed by atoms with Gasteiger partial charge in [-0.15, -0.1) is 11.3 Å². The van der Waals surface area contributed by atoms with E-state index in [0.29, 0.717) is 23.1 Å². The molecule has 10 heteroatoms. The summed E-state index contributed by atoms with van der Waals surface area (Å²) in [7, 11) is 0. The molecule has 3 rings (SSSR count). The highest BCUT2D eigenvalue weighted by Crippen LogP contribution is 2.42. The smallest absolute Gasteiger partial charge is 0.391 e. The zero-order valence-corrected chi connectivity index (χ0v) is 18.4. The third kappa shape index (κ3) is 5.86. The van der Waals surface area contributed by atoms with Crippen molar-refractivity contribution in [1.29, 1.82) is 0 Å². The fourth-order valence-electron chi connectivity index (χ4n) is 3.75. The number of rotatable bonds is 6. The molecule has 1 heterocycles. The first-order valence-electron chi connectivity index (χ1n) is 9.98. The molecule has 3 unspecified atom stereocenters. The lowest BCUT2D eigenvalue weighted by Crippen LogP contribution is -2.40. The summed E-state index contributed by atoms with van der Waals surface area (Å²) in [6.45, 7) is 2.76. The van der Waals surface area contributed by atoms with Crippen molar-refractivity contribution in [2.45, 2.75) is 50.7 Å². The van der Waals surface area contributed by atoms with Gasteiger partial charge in [0.2, 0.25) is 5.91 Å². The van der Waals surface area contributed by atoms with Gasteiger partial charge in [-0.25, -0.2) is 0 Å². The standard InChI is InChI=1S/C23H21F6NO2S/c1-12(30-13(2)31)20(32)10-18(19-11-33-21-6-4-3-5-17(19)21)14-7-15(22(24,25)26)9-16(8-14)23(27,28)29/h3-9,11-12,18,20,32H,10H2,1-2H3,(H,30,31). The largest absolute Gasteiger partial charge is 0.416 e. The fraction of sp³-hybridized carbons (Fsp3) is 0.348. The number of fused-ring (bicyclic) bond motifs is 1. The quantitative estimate of drug-likeness (QED) is 0.397. The second-order valence-corrected chi connectivity index (χ2v) is 8.78. The van der Waals surface area contributed by atoms with Crippen molar-refractivity contribution < 1.29 is 36.2 Å². The number of amides is 1. The van der Waals surface area contributed by atoms with Crippen molar-refractivity contribution in [2.75, 3.05) is 0 Å². The maximum absolute atomic E-state index is 13.5. The molecule has 3 aromatic rings. The van der Waals surface area contributed by atoms with Gasteiger partial charge in [-0.05, 0) is 59.5 Å². The average Bonchev–Trinajstić information content (AvgIpc) is 3.13. The predicted molar refractivity (Wildman–Crippen MR) is 114 cm³/mol. The summed E-state index contributed by atoms with van der Waals surface area (Å²) in [4.78, 5) is 11.4. The lowest BCUT2D eigenvalue weighted by molar-refractivity contribution is -0.143. The molecule has 0 saturated carbocycles. The van der Waals surface area contributed by atoms with E-state index in [4.69, 9.17) is 0 Å². The van der Waals surface area contributed by atoms with Gasteiger partial charge in [0.1, 0.15) is 0 Å². The Kier molecular flexibility index (Phi) is 7.09. The first-order valence-corrected chi connectivity index (χ1v) is 10.9. The molecule has 0 bridgehead atoms. The van der Waals surface area contributed by atoms with Gasteiger partial charge in [-0.3, -0.25) is 4.79 Å². The molecule has 1 aromatic heterocycles. The molecule has 3 nitrogen and oxygen atoms in total. The number of hydrogen-bond acceptors (Lipinski definition) is 3. The molecule has 1 amide bonds. The van der Waals surface area contributed by atoms with Gasteiger partial charge in [0.15, 0.2) is 0 Å². The first-order chi connectivity index (χ1) is 15.3. The summed E-state index contributed by atoms with van der Waals surface area (Å²) in [6, 6.07) is 7.74. The van der Waals surface area contributed by atoms with Crippen LogP contribution in [0.25, 0.3) is 10.1 Å². The number of carbonyl (C=O) groups is 1. The van der Waals surface area contributed by atoms with Gasteiger partial charge in [-0.1, -0.05) is 18.2 Å². The second kappa shape index (κ2) is 9.34. The van der Waals surface area contributed by atoms with Gasteiger partial charge in [0.25, 0.3) is 0 Å². The summed E-state index contributed by atoms with van der Waals surface area (Å²) >= 11 is 1.31. The first kappa shape index (κ1) is 25.0. The topological polar surface area (TPSA) is 49.3 Å². The number of benzene rings is 2. The average molecular weight is 489 g/mol. The van der Waals surface area contributed by atoms with Gasteiger partial charge in [-0.2, -0.15) is 26.3 Å². The summed E-state index contributed by atoms with van der Waals surface area (Å²) in [5.41, 5.74) is -2.53. The van der Waals surface area contributed by atoms with Crippen molar-refractivity contribution >= 4 is 27.3 Å². The van der Waals surface area contributed by atoms with Crippen molar-refractivity contribution in [1.82, 2.24) is 5.32 Å². The van der Waals surface area contributed by atoms with E-state index in [-0.39, 0.29) is 18.1 Å². The Hall–Kier alpha value is -2.59. The monoisotopic (exact) mass is 489 g/mol. The number of aliphatic hydroxyl groups is 1.